The summed E-state index contributed by atoms with van der Waals surface area (Å²) >= 11 is 0. The first-order chi connectivity index (χ1) is 14.3. The van der Waals surface area contributed by atoms with Gasteiger partial charge in [-0.2, -0.15) is 5.10 Å². The maximum atomic E-state index is 14.1. The Morgan fingerprint density at radius 2 is 2.03 bits per heavy atom. The molecule has 1 saturated heterocycles. The molecule has 0 saturated carbocycles. The Labute approximate surface area is 178 Å². The lowest BCUT2D eigenvalue weighted by molar-refractivity contribution is 0.471. The van der Waals surface area contributed by atoms with Gasteiger partial charge in [0, 0.05) is 29.5 Å². The molecule has 0 amide bonds. The molecule has 1 unspecified atom stereocenters. The van der Waals surface area contributed by atoms with Gasteiger partial charge >= 0.3 is 0 Å². The van der Waals surface area contributed by atoms with Gasteiger partial charge in [-0.3, -0.25) is 4.98 Å². The maximum Gasteiger partial charge on any atom is 0.160 e. The Kier molecular flexibility index (Phi) is 6.71. The number of rotatable bonds is 5. The Hall–Kier alpha value is -2.54. The highest BCUT2D eigenvalue weighted by Crippen LogP contribution is 2.37. The molecule has 3 aromatic rings. The Balaban J connectivity index is 0.00000124. The monoisotopic (exact) mass is 412 g/mol. The lowest BCUT2D eigenvalue weighted by Crippen LogP contribution is -2.32. The van der Waals surface area contributed by atoms with Gasteiger partial charge in [-0.15, -0.1) is 0 Å². The second-order valence-electron chi connectivity index (χ2n) is 8.41. The fraction of sp³-hybridized carbons (Fsp3) is 0.522. The zero-order valence-corrected chi connectivity index (χ0v) is 18.7. The number of aromatic nitrogens is 4. The molecule has 1 aliphatic rings. The molecule has 1 aliphatic heterocycles. The van der Waals surface area contributed by atoms with Crippen molar-refractivity contribution in [2.24, 2.45) is 5.73 Å². The fourth-order valence-electron chi connectivity index (χ4n) is 3.92. The van der Waals surface area contributed by atoms with E-state index in [1.54, 1.807) is 10.6 Å². The van der Waals surface area contributed by atoms with E-state index in [1.165, 1.54) is 6.20 Å². The third-order valence-corrected chi connectivity index (χ3v) is 5.41. The highest BCUT2D eigenvalue weighted by Gasteiger charge is 2.30. The number of pyridine rings is 1. The highest BCUT2D eigenvalue weighted by molar-refractivity contribution is 5.54. The molecule has 7 heteroatoms. The van der Waals surface area contributed by atoms with Crippen LogP contribution in [-0.2, 0) is 6.42 Å². The predicted octanol–water partition coefficient (Wildman–Crippen LogP) is 4.61. The second-order valence-corrected chi connectivity index (χ2v) is 8.41. The number of aryl methyl sites for hydroxylation is 2. The van der Waals surface area contributed by atoms with Crippen molar-refractivity contribution in [1.82, 2.24) is 19.6 Å². The van der Waals surface area contributed by atoms with Gasteiger partial charge < -0.3 is 10.6 Å². The van der Waals surface area contributed by atoms with E-state index in [0.717, 1.165) is 60.5 Å². The van der Waals surface area contributed by atoms with Crippen LogP contribution in [0.2, 0.25) is 0 Å². The highest BCUT2D eigenvalue weighted by atomic mass is 19.1. The van der Waals surface area contributed by atoms with Crippen molar-refractivity contribution >= 4 is 11.5 Å². The summed E-state index contributed by atoms with van der Waals surface area (Å²) in [5.74, 6) is 0.598. The van der Waals surface area contributed by atoms with E-state index in [9.17, 15) is 4.39 Å². The minimum absolute atomic E-state index is 0.0669. The molecule has 0 bridgehead atoms. The van der Waals surface area contributed by atoms with Crippen LogP contribution < -0.4 is 10.6 Å². The van der Waals surface area contributed by atoms with Crippen LogP contribution in [0.15, 0.2) is 30.7 Å². The molecule has 4 heterocycles. The van der Waals surface area contributed by atoms with E-state index >= 15 is 0 Å². The molecule has 3 aromatic heterocycles. The van der Waals surface area contributed by atoms with E-state index in [2.05, 4.69) is 15.0 Å². The second kappa shape index (κ2) is 9.08. The first-order valence-corrected chi connectivity index (χ1v) is 10.8. The van der Waals surface area contributed by atoms with Gasteiger partial charge in [-0.05, 0) is 64.2 Å². The summed E-state index contributed by atoms with van der Waals surface area (Å²) in [7, 11) is 0. The van der Waals surface area contributed by atoms with Gasteiger partial charge in [0.2, 0.25) is 0 Å². The molecule has 4 rings (SSSR count). The number of nitrogens with zero attached hydrogens (tertiary/aromatic N) is 5. The molecule has 30 heavy (non-hydrogen) atoms. The quantitative estimate of drug-likeness (QED) is 0.662. The van der Waals surface area contributed by atoms with Gasteiger partial charge in [0.15, 0.2) is 5.65 Å². The minimum atomic E-state index is -0.298. The van der Waals surface area contributed by atoms with Crippen molar-refractivity contribution in [2.75, 3.05) is 11.4 Å². The molecule has 0 radical (unpaired) electrons. The van der Waals surface area contributed by atoms with E-state index in [0.29, 0.717) is 0 Å². The Bertz CT molecular complexity index is 991. The fourth-order valence-corrected chi connectivity index (χ4v) is 3.92. The molecule has 1 atom stereocenters. The summed E-state index contributed by atoms with van der Waals surface area (Å²) in [5, 5.41) is 4.30. The van der Waals surface area contributed by atoms with E-state index in [-0.39, 0.29) is 17.4 Å². The van der Waals surface area contributed by atoms with Crippen molar-refractivity contribution in [2.45, 2.75) is 71.9 Å². The van der Waals surface area contributed by atoms with Crippen LogP contribution >= 0.6 is 0 Å². The van der Waals surface area contributed by atoms with Crippen molar-refractivity contribution in [3.63, 3.8) is 0 Å². The molecule has 0 aromatic carbocycles. The SMILES string of the molecule is CC.Cc1cnn2ccc(N3CCCC3c3cc(F)cnc3CCC(C)(C)N)nc12. The standard InChI is InChI=1S/C21H27FN6.C2H6/c1-14-12-25-28-10-7-19(26-20(14)28)27-9-4-5-18(27)16-11-15(22)13-24-17(16)6-8-21(2,3)23;1-2/h7,10-13,18H,4-6,8-9,23H2,1-3H3;1-2H3. The number of fused-ring (bicyclic) bond motifs is 1. The zero-order valence-electron chi connectivity index (χ0n) is 18.7. The van der Waals surface area contributed by atoms with Crippen LogP contribution in [0.3, 0.4) is 0 Å². The topological polar surface area (TPSA) is 72.3 Å². The van der Waals surface area contributed by atoms with Crippen LogP contribution in [-0.4, -0.2) is 31.7 Å². The number of nitrogens with two attached hydrogens (primary N) is 1. The van der Waals surface area contributed by atoms with Crippen molar-refractivity contribution in [1.29, 1.82) is 0 Å². The summed E-state index contributed by atoms with van der Waals surface area (Å²) < 4.78 is 15.9. The Morgan fingerprint density at radius 1 is 1.27 bits per heavy atom. The summed E-state index contributed by atoms with van der Waals surface area (Å²) in [5.41, 5.74) is 9.65. The van der Waals surface area contributed by atoms with E-state index in [4.69, 9.17) is 10.7 Å². The summed E-state index contributed by atoms with van der Waals surface area (Å²) in [6.07, 6.45) is 8.58. The summed E-state index contributed by atoms with van der Waals surface area (Å²) in [6.45, 7) is 10.9. The number of hydrogen-bond acceptors (Lipinski definition) is 5. The molecule has 162 valence electrons. The molecular weight excluding hydrogens is 379 g/mol. The van der Waals surface area contributed by atoms with Gasteiger partial charge in [0.25, 0.3) is 0 Å². The predicted molar refractivity (Wildman–Crippen MR) is 119 cm³/mol. The number of hydrogen-bond donors (Lipinski definition) is 1. The lowest BCUT2D eigenvalue weighted by atomic mass is 9.94. The summed E-state index contributed by atoms with van der Waals surface area (Å²) in [6, 6.07) is 3.68. The first kappa shape index (κ1) is 22.2. The molecule has 6 nitrogen and oxygen atoms in total. The van der Waals surface area contributed by atoms with Crippen molar-refractivity contribution in [3.05, 3.63) is 53.4 Å². The average Bonchev–Trinajstić information content (AvgIpc) is 3.35. The maximum absolute atomic E-state index is 14.1. The number of halogens is 1. The van der Waals surface area contributed by atoms with Crippen molar-refractivity contribution in [3.8, 4) is 0 Å². The van der Waals surface area contributed by atoms with Crippen molar-refractivity contribution < 1.29 is 4.39 Å². The normalized spacial score (nSPS) is 16.6. The molecule has 0 spiro atoms. The van der Waals surface area contributed by atoms with Crippen LogP contribution in [0.5, 0.6) is 0 Å². The smallest absolute Gasteiger partial charge is 0.160 e. The molecular formula is C23H33FN6. The van der Waals surface area contributed by atoms with Crippen LogP contribution in [0.1, 0.15) is 69.8 Å². The Morgan fingerprint density at radius 3 is 2.77 bits per heavy atom. The first-order valence-electron chi connectivity index (χ1n) is 10.8. The molecule has 1 fully saturated rings. The molecule has 2 N–H and O–H groups in total. The minimum Gasteiger partial charge on any atom is -0.349 e. The van der Waals surface area contributed by atoms with Gasteiger partial charge in [-0.25, -0.2) is 13.9 Å². The average molecular weight is 413 g/mol. The van der Waals surface area contributed by atoms with E-state index in [1.807, 2.05) is 53.1 Å². The van der Waals surface area contributed by atoms with Crippen LogP contribution in [0.4, 0.5) is 10.2 Å². The summed E-state index contributed by atoms with van der Waals surface area (Å²) in [4.78, 5) is 11.5. The zero-order chi connectivity index (χ0) is 21.9. The van der Waals surface area contributed by atoms with E-state index < -0.39 is 0 Å². The van der Waals surface area contributed by atoms with Gasteiger partial charge in [0.05, 0.1) is 18.4 Å². The van der Waals surface area contributed by atoms with Gasteiger partial charge in [-0.1, -0.05) is 13.8 Å². The third kappa shape index (κ3) is 4.78. The van der Waals surface area contributed by atoms with Crippen LogP contribution in [0.25, 0.3) is 5.65 Å². The lowest BCUT2D eigenvalue weighted by Gasteiger charge is -2.28. The third-order valence-electron chi connectivity index (χ3n) is 5.41. The largest absolute Gasteiger partial charge is 0.349 e. The molecule has 0 aliphatic carbocycles. The van der Waals surface area contributed by atoms with Crippen LogP contribution in [0, 0.1) is 12.7 Å². The number of anilines is 1. The van der Waals surface area contributed by atoms with Gasteiger partial charge in [0.1, 0.15) is 11.6 Å².